The molecule has 1 aromatic heterocycles. The third kappa shape index (κ3) is 4.65. The van der Waals surface area contributed by atoms with Crippen molar-refractivity contribution >= 4 is 51.6 Å². The summed E-state index contributed by atoms with van der Waals surface area (Å²) in [5, 5.41) is 5.58. The second-order valence-electron chi connectivity index (χ2n) is 7.13. The first-order valence-corrected chi connectivity index (χ1v) is 10.7. The SMILES string of the molecule is O=C(C[C@@H](c1ccc(Cl)c(Cl)c1)c1c[nH]c2ccc(Cl)cc12)NCc1ccccc1. The molecule has 30 heavy (non-hydrogen) atoms. The maximum absolute atomic E-state index is 12.8. The summed E-state index contributed by atoms with van der Waals surface area (Å²) >= 11 is 18.6. The van der Waals surface area contributed by atoms with E-state index < -0.39 is 0 Å². The quantitative estimate of drug-likeness (QED) is 0.323. The number of aromatic nitrogens is 1. The van der Waals surface area contributed by atoms with E-state index in [-0.39, 0.29) is 18.2 Å². The fourth-order valence-electron chi connectivity index (χ4n) is 3.59. The first-order chi connectivity index (χ1) is 14.5. The van der Waals surface area contributed by atoms with Crippen molar-refractivity contribution < 1.29 is 4.79 Å². The van der Waals surface area contributed by atoms with Gasteiger partial charge in [0, 0.05) is 41.0 Å². The maximum atomic E-state index is 12.8. The van der Waals surface area contributed by atoms with E-state index in [0.29, 0.717) is 21.6 Å². The summed E-state index contributed by atoms with van der Waals surface area (Å²) in [4.78, 5) is 16.1. The molecule has 1 heterocycles. The number of nitrogens with one attached hydrogen (secondary N) is 2. The number of aromatic amines is 1. The average Bonchev–Trinajstić information content (AvgIpc) is 3.16. The largest absolute Gasteiger partial charge is 0.361 e. The predicted octanol–water partition coefficient (Wildman–Crippen LogP) is 6.97. The molecule has 0 fully saturated rings. The van der Waals surface area contributed by atoms with Gasteiger partial charge in [-0.05, 0) is 47.0 Å². The van der Waals surface area contributed by atoms with Crippen molar-refractivity contribution in [1.29, 1.82) is 0 Å². The molecule has 152 valence electrons. The first kappa shape index (κ1) is 20.8. The van der Waals surface area contributed by atoms with Gasteiger partial charge in [-0.2, -0.15) is 0 Å². The third-order valence-electron chi connectivity index (χ3n) is 5.12. The number of halogens is 3. The van der Waals surface area contributed by atoms with Crippen molar-refractivity contribution in [2.24, 2.45) is 0 Å². The van der Waals surface area contributed by atoms with Crippen molar-refractivity contribution in [2.75, 3.05) is 0 Å². The lowest BCUT2D eigenvalue weighted by molar-refractivity contribution is -0.121. The van der Waals surface area contributed by atoms with E-state index in [2.05, 4.69) is 10.3 Å². The molecule has 0 aliphatic carbocycles. The number of carbonyl (C=O) groups excluding carboxylic acids is 1. The zero-order chi connectivity index (χ0) is 21.1. The van der Waals surface area contributed by atoms with E-state index in [0.717, 1.165) is 27.6 Å². The summed E-state index contributed by atoms with van der Waals surface area (Å²) in [5.41, 5.74) is 3.92. The van der Waals surface area contributed by atoms with Crippen molar-refractivity contribution in [2.45, 2.75) is 18.9 Å². The van der Waals surface area contributed by atoms with Crippen LogP contribution in [0.15, 0.2) is 72.9 Å². The van der Waals surface area contributed by atoms with Gasteiger partial charge in [0.05, 0.1) is 10.0 Å². The van der Waals surface area contributed by atoms with Crippen LogP contribution in [0, 0.1) is 0 Å². The second kappa shape index (κ2) is 9.13. The molecular formula is C24H19Cl3N2O. The highest BCUT2D eigenvalue weighted by molar-refractivity contribution is 6.42. The molecule has 0 aliphatic heterocycles. The van der Waals surface area contributed by atoms with Gasteiger partial charge < -0.3 is 10.3 Å². The van der Waals surface area contributed by atoms with Crippen LogP contribution in [-0.2, 0) is 11.3 Å². The molecule has 6 heteroatoms. The maximum Gasteiger partial charge on any atom is 0.221 e. The summed E-state index contributed by atoms with van der Waals surface area (Å²) in [7, 11) is 0. The molecule has 3 aromatic carbocycles. The van der Waals surface area contributed by atoms with Crippen LogP contribution in [0.1, 0.15) is 29.0 Å². The lowest BCUT2D eigenvalue weighted by Crippen LogP contribution is -2.25. The van der Waals surface area contributed by atoms with Gasteiger partial charge >= 0.3 is 0 Å². The Bertz CT molecular complexity index is 1190. The summed E-state index contributed by atoms with van der Waals surface area (Å²) in [6, 6.07) is 21.0. The monoisotopic (exact) mass is 456 g/mol. The van der Waals surface area contributed by atoms with Crippen LogP contribution in [0.2, 0.25) is 15.1 Å². The van der Waals surface area contributed by atoms with Gasteiger partial charge in [-0.15, -0.1) is 0 Å². The van der Waals surface area contributed by atoms with Gasteiger partial charge in [-0.3, -0.25) is 4.79 Å². The Morgan fingerprint density at radius 3 is 2.50 bits per heavy atom. The lowest BCUT2D eigenvalue weighted by atomic mass is 9.88. The van der Waals surface area contributed by atoms with Crippen LogP contribution in [-0.4, -0.2) is 10.9 Å². The second-order valence-corrected chi connectivity index (χ2v) is 8.38. The molecule has 0 saturated heterocycles. The van der Waals surface area contributed by atoms with Crippen molar-refractivity contribution in [3.8, 4) is 0 Å². The molecular weight excluding hydrogens is 439 g/mol. The number of carbonyl (C=O) groups is 1. The summed E-state index contributed by atoms with van der Waals surface area (Å²) < 4.78 is 0. The predicted molar refractivity (Wildman–Crippen MR) is 125 cm³/mol. The van der Waals surface area contributed by atoms with Crippen LogP contribution in [0.25, 0.3) is 10.9 Å². The zero-order valence-corrected chi connectivity index (χ0v) is 18.2. The highest BCUT2D eigenvalue weighted by atomic mass is 35.5. The molecule has 0 bridgehead atoms. The molecule has 0 spiro atoms. The number of H-pyrrole nitrogens is 1. The smallest absolute Gasteiger partial charge is 0.221 e. The number of hydrogen-bond acceptors (Lipinski definition) is 1. The minimum atomic E-state index is -0.206. The van der Waals surface area contributed by atoms with Crippen molar-refractivity contribution in [1.82, 2.24) is 10.3 Å². The van der Waals surface area contributed by atoms with Crippen LogP contribution >= 0.6 is 34.8 Å². The van der Waals surface area contributed by atoms with Gasteiger partial charge in [0.25, 0.3) is 0 Å². The molecule has 0 aliphatic rings. The van der Waals surface area contributed by atoms with Crippen LogP contribution in [0.3, 0.4) is 0 Å². The van der Waals surface area contributed by atoms with Gasteiger partial charge in [0.1, 0.15) is 0 Å². The van der Waals surface area contributed by atoms with Crippen LogP contribution < -0.4 is 5.32 Å². The van der Waals surface area contributed by atoms with Crippen LogP contribution in [0.5, 0.6) is 0 Å². The van der Waals surface area contributed by atoms with E-state index in [9.17, 15) is 4.79 Å². The molecule has 4 aromatic rings. The zero-order valence-electron chi connectivity index (χ0n) is 16.0. The van der Waals surface area contributed by atoms with Gasteiger partial charge in [0.15, 0.2) is 0 Å². The Morgan fingerprint density at radius 2 is 1.73 bits per heavy atom. The highest BCUT2D eigenvalue weighted by Gasteiger charge is 2.22. The standard InChI is InChI=1S/C24H19Cl3N2O/c25-17-7-9-23-19(11-17)20(14-28-23)18(16-6-8-21(26)22(27)10-16)12-24(30)29-13-15-4-2-1-3-5-15/h1-11,14,18,28H,12-13H2,(H,29,30)/t18-/m0/s1. The average molecular weight is 458 g/mol. The minimum absolute atomic E-state index is 0.0497. The van der Waals surface area contributed by atoms with E-state index in [4.69, 9.17) is 34.8 Å². The minimum Gasteiger partial charge on any atom is -0.361 e. The number of amides is 1. The third-order valence-corrected chi connectivity index (χ3v) is 6.09. The molecule has 3 nitrogen and oxygen atoms in total. The van der Waals surface area contributed by atoms with E-state index in [1.165, 1.54) is 0 Å². The molecule has 0 unspecified atom stereocenters. The molecule has 1 atom stereocenters. The van der Waals surface area contributed by atoms with E-state index in [1.807, 2.05) is 66.9 Å². The molecule has 0 saturated carbocycles. The van der Waals surface area contributed by atoms with Crippen molar-refractivity contribution in [3.63, 3.8) is 0 Å². The molecule has 1 amide bonds. The molecule has 4 rings (SSSR count). The van der Waals surface area contributed by atoms with E-state index in [1.54, 1.807) is 6.07 Å². The number of fused-ring (bicyclic) bond motifs is 1. The number of hydrogen-bond donors (Lipinski definition) is 2. The fourth-order valence-corrected chi connectivity index (χ4v) is 4.07. The molecule has 2 N–H and O–H groups in total. The van der Waals surface area contributed by atoms with Gasteiger partial charge in [0.2, 0.25) is 5.91 Å². The van der Waals surface area contributed by atoms with Gasteiger partial charge in [-0.1, -0.05) is 71.2 Å². The Kier molecular flexibility index (Phi) is 6.33. The first-order valence-electron chi connectivity index (χ1n) is 9.53. The van der Waals surface area contributed by atoms with Gasteiger partial charge in [-0.25, -0.2) is 0 Å². The summed E-state index contributed by atoms with van der Waals surface area (Å²) in [5.74, 6) is -0.255. The topological polar surface area (TPSA) is 44.9 Å². The summed E-state index contributed by atoms with van der Waals surface area (Å²) in [6.07, 6.45) is 2.20. The normalized spacial score (nSPS) is 12.1. The highest BCUT2D eigenvalue weighted by Crippen LogP contribution is 2.36. The summed E-state index contributed by atoms with van der Waals surface area (Å²) in [6.45, 7) is 0.480. The fraction of sp³-hybridized carbons (Fsp3) is 0.125. The Labute approximate surface area is 190 Å². The Hall–Kier alpha value is -2.46. The lowest BCUT2D eigenvalue weighted by Gasteiger charge is -2.18. The Balaban J connectivity index is 1.65. The number of benzene rings is 3. The number of rotatable bonds is 6. The van der Waals surface area contributed by atoms with E-state index >= 15 is 0 Å². The molecule has 0 radical (unpaired) electrons. The van der Waals surface area contributed by atoms with Crippen LogP contribution in [0.4, 0.5) is 0 Å². The van der Waals surface area contributed by atoms with Crippen molar-refractivity contribution in [3.05, 3.63) is 105 Å². The Morgan fingerprint density at radius 1 is 0.933 bits per heavy atom.